The van der Waals surface area contributed by atoms with Crippen LogP contribution in [0.25, 0.3) is 0 Å². The standard InChI is InChI=1S/C22H31N3O3S2/c1-6-16-11-10-12-17(7-2)21(16)24-22(29)23-19-15-18(13-14-20(19)28-5)30(26,27)25(8-3)9-4/h10-15H,6-9H2,1-5H3,(H2,23,24,29). The number of rotatable bonds is 9. The minimum Gasteiger partial charge on any atom is -0.495 e. The molecule has 0 aliphatic rings. The summed E-state index contributed by atoms with van der Waals surface area (Å²) in [4.78, 5) is 0.195. The summed E-state index contributed by atoms with van der Waals surface area (Å²) in [7, 11) is -2.05. The number of nitrogens with zero attached hydrogens (tertiary/aromatic N) is 1. The summed E-state index contributed by atoms with van der Waals surface area (Å²) in [6, 6.07) is 10.9. The van der Waals surface area contributed by atoms with Gasteiger partial charge in [0.25, 0.3) is 0 Å². The van der Waals surface area contributed by atoms with E-state index in [-0.39, 0.29) is 4.90 Å². The molecule has 6 nitrogen and oxygen atoms in total. The van der Waals surface area contributed by atoms with Crippen molar-refractivity contribution < 1.29 is 13.2 Å². The number of thiocarbonyl (C=S) groups is 1. The molecule has 0 radical (unpaired) electrons. The van der Waals surface area contributed by atoms with E-state index in [1.807, 2.05) is 19.9 Å². The van der Waals surface area contributed by atoms with Crippen molar-refractivity contribution in [2.24, 2.45) is 0 Å². The van der Waals surface area contributed by atoms with E-state index in [1.54, 1.807) is 18.2 Å². The third kappa shape index (κ3) is 5.30. The van der Waals surface area contributed by atoms with E-state index in [1.165, 1.54) is 22.5 Å². The van der Waals surface area contributed by atoms with Crippen LogP contribution in [0.4, 0.5) is 11.4 Å². The van der Waals surface area contributed by atoms with Crippen LogP contribution in [0.15, 0.2) is 41.3 Å². The van der Waals surface area contributed by atoms with Gasteiger partial charge in [-0.2, -0.15) is 4.31 Å². The third-order valence-electron chi connectivity index (χ3n) is 5.00. The number of aryl methyl sites for hydroxylation is 2. The highest BCUT2D eigenvalue weighted by Crippen LogP contribution is 2.30. The molecule has 0 unspecified atom stereocenters. The second-order valence-corrected chi connectivity index (χ2v) is 9.04. The van der Waals surface area contributed by atoms with Crippen LogP contribution in [0.1, 0.15) is 38.8 Å². The summed E-state index contributed by atoms with van der Waals surface area (Å²) in [6.45, 7) is 8.64. The van der Waals surface area contributed by atoms with Gasteiger partial charge in [-0.3, -0.25) is 0 Å². The minimum atomic E-state index is -3.59. The molecule has 0 spiro atoms. The first-order valence-corrected chi connectivity index (χ1v) is 12.0. The predicted octanol–water partition coefficient (Wildman–Crippen LogP) is 4.66. The lowest BCUT2D eigenvalue weighted by atomic mass is 10.0. The zero-order valence-corrected chi connectivity index (χ0v) is 19.9. The molecule has 164 valence electrons. The molecule has 0 aliphatic carbocycles. The number of sulfonamides is 1. The van der Waals surface area contributed by atoms with E-state index in [4.69, 9.17) is 17.0 Å². The predicted molar refractivity (Wildman–Crippen MR) is 128 cm³/mol. The summed E-state index contributed by atoms with van der Waals surface area (Å²) >= 11 is 5.54. The first-order valence-electron chi connectivity index (χ1n) is 10.2. The number of methoxy groups -OCH3 is 1. The van der Waals surface area contributed by atoms with Crippen molar-refractivity contribution in [3.05, 3.63) is 47.5 Å². The average molecular weight is 450 g/mol. The molecule has 0 saturated carbocycles. The Hall–Kier alpha value is -2.16. The number of benzene rings is 2. The van der Waals surface area contributed by atoms with Gasteiger partial charge >= 0.3 is 0 Å². The van der Waals surface area contributed by atoms with Crippen molar-refractivity contribution in [2.45, 2.75) is 45.4 Å². The number of hydrogen-bond donors (Lipinski definition) is 2. The maximum atomic E-state index is 12.9. The molecule has 8 heteroatoms. The highest BCUT2D eigenvalue weighted by Gasteiger charge is 2.23. The molecule has 0 atom stereocenters. The van der Waals surface area contributed by atoms with Gasteiger partial charge in [-0.1, -0.05) is 45.9 Å². The highest BCUT2D eigenvalue weighted by atomic mass is 32.2. The van der Waals surface area contributed by atoms with Crippen LogP contribution in [0.2, 0.25) is 0 Å². The number of ether oxygens (including phenoxy) is 1. The normalized spacial score (nSPS) is 11.4. The summed E-state index contributed by atoms with van der Waals surface area (Å²) in [5.41, 5.74) is 3.83. The van der Waals surface area contributed by atoms with Crippen molar-refractivity contribution in [3.63, 3.8) is 0 Å². The van der Waals surface area contributed by atoms with Gasteiger partial charge in [0.15, 0.2) is 5.11 Å². The molecule has 2 N–H and O–H groups in total. The van der Waals surface area contributed by atoms with Gasteiger partial charge in [-0.05, 0) is 54.4 Å². The maximum absolute atomic E-state index is 12.9. The van der Waals surface area contributed by atoms with E-state index in [2.05, 4.69) is 36.6 Å². The largest absolute Gasteiger partial charge is 0.495 e. The number of para-hydroxylation sites is 1. The number of nitrogens with one attached hydrogen (secondary N) is 2. The zero-order valence-electron chi connectivity index (χ0n) is 18.3. The van der Waals surface area contributed by atoms with Crippen molar-refractivity contribution in [2.75, 3.05) is 30.8 Å². The Kier molecular flexibility index (Phi) is 8.64. The molecule has 2 rings (SSSR count). The fourth-order valence-corrected chi connectivity index (χ4v) is 5.02. The summed E-state index contributed by atoms with van der Waals surface area (Å²) < 4.78 is 32.6. The lowest BCUT2D eigenvalue weighted by Crippen LogP contribution is -2.30. The zero-order chi connectivity index (χ0) is 22.3. The van der Waals surface area contributed by atoms with Crippen molar-refractivity contribution in [1.29, 1.82) is 0 Å². The number of anilines is 2. The summed E-state index contributed by atoms with van der Waals surface area (Å²) in [5, 5.41) is 6.78. The molecule has 0 fully saturated rings. The molecule has 0 amide bonds. The average Bonchev–Trinajstić information content (AvgIpc) is 2.74. The Balaban J connectivity index is 2.35. The Bertz CT molecular complexity index is 965. The smallest absolute Gasteiger partial charge is 0.243 e. The maximum Gasteiger partial charge on any atom is 0.243 e. The van der Waals surface area contributed by atoms with Crippen LogP contribution in [0.3, 0.4) is 0 Å². The molecule has 0 aliphatic heterocycles. The van der Waals surface area contributed by atoms with E-state index in [0.717, 1.165) is 18.5 Å². The molecule has 2 aromatic carbocycles. The highest BCUT2D eigenvalue weighted by molar-refractivity contribution is 7.89. The fourth-order valence-electron chi connectivity index (χ4n) is 3.33. The fraction of sp³-hybridized carbons (Fsp3) is 0.409. The van der Waals surface area contributed by atoms with Crippen molar-refractivity contribution in [1.82, 2.24) is 4.31 Å². The van der Waals surface area contributed by atoms with Gasteiger partial charge in [0.2, 0.25) is 10.0 Å². The second-order valence-electron chi connectivity index (χ2n) is 6.69. The van der Waals surface area contributed by atoms with E-state index in [0.29, 0.717) is 29.6 Å². The van der Waals surface area contributed by atoms with Gasteiger partial charge in [-0.15, -0.1) is 0 Å². The first kappa shape index (κ1) is 24.1. The van der Waals surface area contributed by atoms with Gasteiger partial charge < -0.3 is 15.4 Å². The van der Waals surface area contributed by atoms with Crippen LogP contribution < -0.4 is 15.4 Å². The van der Waals surface area contributed by atoms with Crippen molar-refractivity contribution in [3.8, 4) is 5.75 Å². The molecule has 30 heavy (non-hydrogen) atoms. The molecule has 0 bridgehead atoms. The van der Waals surface area contributed by atoms with Crippen LogP contribution in [0, 0.1) is 0 Å². The Morgan fingerprint density at radius 3 is 2.10 bits per heavy atom. The number of hydrogen-bond acceptors (Lipinski definition) is 4. The SMILES string of the molecule is CCc1cccc(CC)c1NC(=S)Nc1cc(S(=O)(=O)N(CC)CC)ccc1OC. The Morgan fingerprint density at radius 2 is 1.60 bits per heavy atom. The topological polar surface area (TPSA) is 70.7 Å². The quantitative estimate of drug-likeness (QED) is 0.543. The summed E-state index contributed by atoms with van der Waals surface area (Å²) in [5.74, 6) is 0.511. The Labute approximate surface area is 185 Å². The van der Waals surface area contributed by atoms with Gasteiger partial charge in [-0.25, -0.2) is 8.42 Å². The monoisotopic (exact) mass is 449 g/mol. The molecular formula is C22H31N3O3S2. The van der Waals surface area contributed by atoms with Gasteiger partial charge in [0, 0.05) is 18.8 Å². The molecular weight excluding hydrogens is 418 g/mol. The van der Waals surface area contributed by atoms with Crippen molar-refractivity contribution >= 4 is 38.7 Å². The molecule has 0 aromatic heterocycles. The lowest BCUT2D eigenvalue weighted by molar-refractivity contribution is 0.416. The lowest BCUT2D eigenvalue weighted by Gasteiger charge is -2.21. The van der Waals surface area contributed by atoms with E-state index >= 15 is 0 Å². The Morgan fingerprint density at radius 1 is 1.00 bits per heavy atom. The van der Waals surface area contributed by atoms with Crippen LogP contribution in [-0.2, 0) is 22.9 Å². The van der Waals surface area contributed by atoms with E-state index in [9.17, 15) is 8.42 Å². The minimum absolute atomic E-state index is 0.195. The van der Waals surface area contributed by atoms with Gasteiger partial charge in [0.1, 0.15) is 5.75 Å². The van der Waals surface area contributed by atoms with Crippen LogP contribution >= 0.6 is 12.2 Å². The van der Waals surface area contributed by atoms with E-state index < -0.39 is 10.0 Å². The molecule has 0 saturated heterocycles. The van der Waals surface area contributed by atoms with Gasteiger partial charge in [0.05, 0.1) is 17.7 Å². The summed E-state index contributed by atoms with van der Waals surface area (Å²) in [6.07, 6.45) is 1.75. The van der Waals surface area contributed by atoms with Crippen LogP contribution in [-0.4, -0.2) is 38.0 Å². The second kappa shape index (κ2) is 10.7. The molecule has 0 heterocycles. The third-order valence-corrected chi connectivity index (χ3v) is 7.25. The van der Waals surface area contributed by atoms with Crippen LogP contribution in [0.5, 0.6) is 5.75 Å². The first-order chi connectivity index (χ1) is 14.3. The molecule has 2 aromatic rings.